The second-order valence-electron chi connectivity index (χ2n) is 10.8. The molecule has 0 atom stereocenters. The molecule has 0 saturated carbocycles. The zero-order valence-electron chi connectivity index (χ0n) is 24.1. The van der Waals surface area contributed by atoms with Crippen molar-refractivity contribution in [2.75, 3.05) is 62.3 Å². The maximum Gasteiger partial charge on any atom is 0.330 e. The highest BCUT2D eigenvalue weighted by atomic mass is 35.5. The molecule has 1 heterocycles. The SMILES string of the molecule is CN(C)c1ccc(C2(c3ccc(N(C)C)cc3)c3ccc(N(C)C)cc3NC(=O)N2C(=O)c2ccc(Cl)cc2)cc1. The molecule has 0 aliphatic carbocycles. The van der Waals surface area contributed by atoms with E-state index in [0.717, 1.165) is 33.8 Å². The smallest absolute Gasteiger partial charge is 0.330 e. The summed E-state index contributed by atoms with van der Waals surface area (Å²) in [6.45, 7) is 0. The minimum Gasteiger partial charge on any atom is -0.378 e. The van der Waals surface area contributed by atoms with Crippen LogP contribution < -0.4 is 20.0 Å². The molecule has 4 aromatic rings. The van der Waals surface area contributed by atoms with Gasteiger partial charge in [-0.05, 0) is 71.8 Å². The summed E-state index contributed by atoms with van der Waals surface area (Å²) in [7, 11) is 11.8. The quantitative estimate of drug-likeness (QED) is 0.287. The maximum atomic E-state index is 14.4. The molecule has 0 spiro atoms. The fourth-order valence-electron chi connectivity index (χ4n) is 5.38. The fraction of sp³-hybridized carbons (Fsp3) is 0.212. The molecule has 3 amide bonds. The monoisotopic (exact) mass is 567 g/mol. The van der Waals surface area contributed by atoms with Gasteiger partial charge in [0.1, 0.15) is 5.54 Å². The number of amides is 3. The number of anilines is 4. The molecule has 1 N–H and O–H groups in total. The van der Waals surface area contributed by atoms with Gasteiger partial charge in [0.15, 0.2) is 0 Å². The van der Waals surface area contributed by atoms with Gasteiger partial charge in [-0.1, -0.05) is 41.9 Å². The molecule has 1 aliphatic heterocycles. The van der Waals surface area contributed by atoms with Gasteiger partial charge in [-0.25, -0.2) is 9.69 Å². The summed E-state index contributed by atoms with van der Waals surface area (Å²) in [5.74, 6) is -0.435. The van der Waals surface area contributed by atoms with Crippen molar-refractivity contribution in [2.45, 2.75) is 5.54 Å². The molecule has 0 radical (unpaired) electrons. The Morgan fingerprint density at radius 3 is 1.61 bits per heavy atom. The van der Waals surface area contributed by atoms with Crippen LogP contribution in [-0.4, -0.2) is 59.1 Å². The molecule has 41 heavy (non-hydrogen) atoms. The lowest BCUT2D eigenvalue weighted by Crippen LogP contribution is -2.58. The number of hydrogen-bond donors (Lipinski definition) is 1. The largest absolute Gasteiger partial charge is 0.378 e. The highest BCUT2D eigenvalue weighted by molar-refractivity contribution is 6.30. The number of carbonyl (C=O) groups is 2. The first kappa shape index (κ1) is 28.1. The first-order valence-corrected chi connectivity index (χ1v) is 13.7. The molecular formula is C33H34ClN5O2. The van der Waals surface area contributed by atoms with Crippen molar-refractivity contribution in [3.8, 4) is 0 Å². The Morgan fingerprint density at radius 1 is 0.683 bits per heavy atom. The summed E-state index contributed by atoms with van der Waals surface area (Å²) in [6.07, 6.45) is 0. The summed E-state index contributed by atoms with van der Waals surface area (Å²) in [6, 6.07) is 28.1. The summed E-state index contributed by atoms with van der Waals surface area (Å²) in [4.78, 5) is 36.0. The van der Waals surface area contributed by atoms with Gasteiger partial charge in [0, 0.05) is 75.5 Å². The predicted molar refractivity (Wildman–Crippen MR) is 169 cm³/mol. The number of hydrogen-bond acceptors (Lipinski definition) is 5. The Balaban J connectivity index is 1.87. The third-order valence-electron chi connectivity index (χ3n) is 7.59. The van der Waals surface area contributed by atoms with Gasteiger partial charge in [-0.2, -0.15) is 0 Å². The first-order chi connectivity index (χ1) is 19.5. The van der Waals surface area contributed by atoms with Crippen molar-refractivity contribution >= 4 is 46.3 Å². The van der Waals surface area contributed by atoms with Crippen LogP contribution in [-0.2, 0) is 5.54 Å². The zero-order chi connectivity index (χ0) is 29.5. The van der Waals surface area contributed by atoms with Crippen molar-refractivity contribution < 1.29 is 9.59 Å². The second kappa shape index (κ2) is 10.8. The summed E-state index contributed by atoms with van der Waals surface area (Å²) < 4.78 is 0. The van der Waals surface area contributed by atoms with E-state index in [1.54, 1.807) is 24.3 Å². The van der Waals surface area contributed by atoms with Crippen LogP contribution in [0.4, 0.5) is 27.5 Å². The van der Waals surface area contributed by atoms with Crippen molar-refractivity contribution in [2.24, 2.45) is 0 Å². The molecule has 7 nitrogen and oxygen atoms in total. The topological polar surface area (TPSA) is 59.1 Å². The van der Waals surface area contributed by atoms with E-state index in [1.165, 1.54) is 4.90 Å². The van der Waals surface area contributed by atoms with E-state index in [-0.39, 0.29) is 0 Å². The molecule has 0 bridgehead atoms. The van der Waals surface area contributed by atoms with Crippen molar-refractivity contribution in [3.63, 3.8) is 0 Å². The first-order valence-electron chi connectivity index (χ1n) is 13.3. The Labute approximate surface area is 246 Å². The third-order valence-corrected chi connectivity index (χ3v) is 7.84. The summed E-state index contributed by atoms with van der Waals surface area (Å²) in [5, 5.41) is 3.53. The fourth-order valence-corrected chi connectivity index (χ4v) is 5.50. The number of nitrogens with zero attached hydrogens (tertiary/aromatic N) is 4. The van der Waals surface area contributed by atoms with E-state index in [9.17, 15) is 9.59 Å². The molecular weight excluding hydrogens is 534 g/mol. The maximum absolute atomic E-state index is 14.4. The second-order valence-corrected chi connectivity index (χ2v) is 11.2. The molecule has 8 heteroatoms. The van der Waals surface area contributed by atoms with Gasteiger partial charge in [0.05, 0.1) is 5.69 Å². The van der Waals surface area contributed by atoms with Gasteiger partial charge < -0.3 is 20.0 Å². The molecule has 210 valence electrons. The molecule has 5 rings (SSSR count). The molecule has 0 fully saturated rings. The van der Waals surface area contributed by atoms with Crippen LogP contribution in [0.5, 0.6) is 0 Å². The molecule has 1 aliphatic rings. The van der Waals surface area contributed by atoms with Gasteiger partial charge in [-0.15, -0.1) is 0 Å². The van der Waals surface area contributed by atoms with Crippen LogP contribution in [0.25, 0.3) is 0 Å². The van der Waals surface area contributed by atoms with E-state index in [2.05, 4.69) is 5.32 Å². The van der Waals surface area contributed by atoms with Crippen LogP contribution in [0.2, 0.25) is 5.02 Å². The van der Waals surface area contributed by atoms with Crippen molar-refractivity contribution in [1.29, 1.82) is 0 Å². The van der Waals surface area contributed by atoms with Gasteiger partial charge >= 0.3 is 6.03 Å². The lowest BCUT2D eigenvalue weighted by atomic mass is 9.73. The number of imide groups is 1. The number of benzene rings is 4. The van der Waals surface area contributed by atoms with Gasteiger partial charge in [-0.3, -0.25) is 4.79 Å². The lowest BCUT2D eigenvalue weighted by Gasteiger charge is -2.48. The predicted octanol–water partition coefficient (Wildman–Crippen LogP) is 6.52. The number of fused-ring (bicyclic) bond motifs is 1. The normalized spacial score (nSPS) is 13.7. The van der Waals surface area contributed by atoms with Crippen LogP contribution in [0, 0.1) is 0 Å². The van der Waals surface area contributed by atoms with E-state index in [4.69, 9.17) is 11.6 Å². The molecule has 4 aromatic carbocycles. The van der Waals surface area contributed by atoms with E-state index in [0.29, 0.717) is 16.3 Å². The number of halogens is 1. The minimum atomic E-state index is -1.27. The minimum absolute atomic E-state index is 0.358. The summed E-state index contributed by atoms with van der Waals surface area (Å²) >= 11 is 6.15. The number of rotatable bonds is 6. The van der Waals surface area contributed by atoms with Crippen LogP contribution in [0.3, 0.4) is 0 Å². The van der Waals surface area contributed by atoms with Crippen LogP contribution in [0.1, 0.15) is 27.0 Å². The van der Waals surface area contributed by atoms with E-state index in [1.807, 2.05) is 124 Å². The Kier molecular flexibility index (Phi) is 7.41. The standard InChI is InChI=1S/C33H34ClN5O2/c1-36(2)26-15-9-23(10-16-26)33(24-11-17-27(18-12-24)37(3)4)29-20-19-28(38(5)6)21-30(29)35-32(41)39(33)31(40)22-7-13-25(34)14-8-22/h7-21H,1-6H3,(H,35,41). The molecule has 0 unspecified atom stereocenters. The molecule has 0 saturated heterocycles. The van der Waals surface area contributed by atoms with E-state index >= 15 is 0 Å². The highest BCUT2D eigenvalue weighted by Crippen LogP contribution is 2.50. The third kappa shape index (κ3) is 4.87. The van der Waals surface area contributed by atoms with Crippen LogP contribution >= 0.6 is 11.6 Å². The highest BCUT2D eigenvalue weighted by Gasteiger charge is 2.52. The molecule has 0 aromatic heterocycles. The average molecular weight is 568 g/mol. The van der Waals surface area contributed by atoms with Gasteiger partial charge in [0.25, 0.3) is 5.91 Å². The van der Waals surface area contributed by atoms with Crippen molar-refractivity contribution in [3.05, 3.63) is 118 Å². The number of urea groups is 1. The summed E-state index contributed by atoms with van der Waals surface area (Å²) in [5.41, 5.74) is 5.05. The average Bonchev–Trinajstić information content (AvgIpc) is 2.96. The van der Waals surface area contributed by atoms with Gasteiger partial charge in [0.2, 0.25) is 0 Å². The number of carbonyl (C=O) groups excluding carboxylic acids is 2. The van der Waals surface area contributed by atoms with Crippen molar-refractivity contribution in [1.82, 2.24) is 4.90 Å². The Hall–Kier alpha value is -4.49. The van der Waals surface area contributed by atoms with E-state index < -0.39 is 17.5 Å². The lowest BCUT2D eigenvalue weighted by molar-refractivity contribution is 0.0704. The Bertz CT molecular complexity index is 1530. The zero-order valence-corrected chi connectivity index (χ0v) is 24.9. The number of nitrogens with one attached hydrogen (secondary N) is 1. The van der Waals surface area contributed by atoms with Crippen LogP contribution in [0.15, 0.2) is 91.0 Å². The Morgan fingerprint density at radius 2 is 1.15 bits per heavy atom.